The van der Waals surface area contributed by atoms with Crippen LogP contribution in [-0.2, 0) is 6.42 Å². The summed E-state index contributed by atoms with van der Waals surface area (Å²) in [6.07, 6.45) is 1.93. The Morgan fingerprint density at radius 2 is 2.05 bits per heavy atom. The van der Waals surface area contributed by atoms with Gasteiger partial charge in [0.15, 0.2) is 0 Å². The van der Waals surface area contributed by atoms with E-state index in [2.05, 4.69) is 4.98 Å². The summed E-state index contributed by atoms with van der Waals surface area (Å²) in [7, 11) is 0. The third-order valence-corrected chi connectivity index (χ3v) is 4.05. The summed E-state index contributed by atoms with van der Waals surface area (Å²) in [5, 5.41) is 1.96. The molecule has 0 aliphatic heterocycles. The van der Waals surface area contributed by atoms with Crippen molar-refractivity contribution in [2.75, 3.05) is 0 Å². The van der Waals surface area contributed by atoms with Crippen LogP contribution in [0, 0.1) is 11.6 Å². The van der Waals surface area contributed by atoms with Crippen molar-refractivity contribution >= 4 is 21.6 Å². The van der Waals surface area contributed by atoms with Crippen LogP contribution in [0.1, 0.15) is 17.2 Å². The van der Waals surface area contributed by atoms with E-state index in [9.17, 15) is 8.78 Å². The molecule has 102 valence electrons. The zero-order chi connectivity index (χ0) is 14.1. The maximum absolute atomic E-state index is 13.6. The van der Waals surface area contributed by atoms with Crippen LogP contribution < -0.4 is 5.73 Å². The van der Waals surface area contributed by atoms with E-state index in [0.29, 0.717) is 0 Å². The number of nitrogens with zero attached hydrogens (tertiary/aromatic N) is 1. The van der Waals surface area contributed by atoms with Crippen LogP contribution in [0.4, 0.5) is 8.78 Å². The average molecular weight is 290 g/mol. The number of halogens is 2. The molecule has 0 aliphatic rings. The highest BCUT2D eigenvalue weighted by atomic mass is 32.1. The maximum atomic E-state index is 13.6. The van der Waals surface area contributed by atoms with Crippen LogP contribution >= 0.6 is 11.3 Å². The van der Waals surface area contributed by atoms with E-state index in [1.165, 1.54) is 6.07 Å². The highest BCUT2D eigenvalue weighted by molar-refractivity contribution is 7.17. The smallest absolute Gasteiger partial charge is 0.126 e. The van der Waals surface area contributed by atoms with Crippen LogP contribution in [0.2, 0.25) is 0 Å². The minimum absolute atomic E-state index is 0.238. The molecule has 0 radical (unpaired) electrons. The molecule has 0 fully saturated rings. The predicted octanol–water partition coefficient (Wildman–Crippen LogP) is 3.82. The van der Waals surface area contributed by atoms with Crippen molar-refractivity contribution in [1.29, 1.82) is 0 Å². The second-order valence-corrected chi connectivity index (χ2v) is 5.57. The van der Waals surface area contributed by atoms with Gasteiger partial charge in [-0.2, -0.15) is 0 Å². The van der Waals surface area contributed by atoms with Crippen molar-refractivity contribution in [3.8, 4) is 0 Å². The molecule has 0 saturated carbocycles. The number of pyridine rings is 1. The fraction of sp³-hybridized carbons (Fsp3) is 0.133. The normalized spacial score (nSPS) is 12.8. The van der Waals surface area contributed by atoms with Gasteiger partial charge in [-0.1, -0.05) is 0 Å². The summed E-state index contributed by atoms with van der Waals surface area (Å²) in [6.45, 7) is 0. The van der Waals surface area contributed by atoms with Gasteiger partial charge in [-0.25, -0.2) is 8.78 Å². The predicted molar refractivity (Wildman–Crippen MR) is 76.6 cm³/mol. The highest BCUT2D eigenvalue weighted by Gasteiger charge is 2.12. The minimum atomic E-state index is -0.458. The van der Waals surface area contributed by atoms with E-state index < -0.39 is 17.7 Å². The van der Waals surface area contributed by atoms with Crippen LogP contribution in [0.3, 0.4) is 0 Å². The second kappa shape index (κ2) is 5.26. The van der Waals surface area contributed by atoms with E-state index >= 15 is 0 Å². The molecule has 2 heterocycles. The third kappa shape index (κ3) is 2.55. The van der Waals surface area contributed by atoms with E-state index in [4.69, 9.17) is 5.73 Å². The summed E-state index contributed by atoms with van der Waals surface area (Å²) < 4.78 is 27.8. The first-order valence-electron chi connectivity index (χ1n) is 6.16. The Hall–Kier alpha value is -1.85. The van der Waals surface area contributed by atoms with Crippen molar-refractivity contribution in [3.05, 3.63) is 64.7 Å². The van der Waals surface area contributed by atoms with Gasteiger partial charge in [0.1, 0.15) is 11.6 Å². The largest absolute Gasteiger partial charge is 0.324 e. The van der Waals surface area contributed by atoms with Crippen molar-refractivity contribution < 1.29 is 8.78 Å². The molecule has 2 N–H and O–H groups in total. The Labute approximate surface area is 118 Å². The molecule has 0 spiro atoms. The molecule has 1 unspecified atom stereocenters. The molecule has 0 aliphatic carbocycles. The summed E-state index contributed by atoms with van der Waals surface area (Å²) in [5.41, 5.74) is 8.10. The number of hydrogen-bond acceptors (Lipinski definition) is 3. The number of aromatic nitrogens is 1. The van der Waals surface area contributed by atoms with Gasteiger partial charge in [0.05, 0.1) is 10.2 Å². The Bertz CT molecular complexity index is 754. The quantitative estimate of drug-likeness (QED) is 0.796. The number of benzene rings is 1. The summed E-state index contributed by atoms with van der Waals surface area (Å²) in [6, 6.07) is 6.88. The SMILES string of the molecule is NC(Cc1cc(F)ccc1F)c1cnc2ccsc2c1. The zero-order valence-corrected chi connectivity index (χ0v) is 11.3. The van der Waals surface area contributed by atoms with Gasteiger partial charge in [0.25, 0.3) is 0 Å². The van der Waals surface area contributed by atoms with Crippen LogP contribution in [0.5, 0.6) is 0 Å². The van der Waals surface area contributed by atoms with Gasteiger partial charge in [-0.15, -0.1) is 11.3 Å². The number of thiophene rings is 1. The minimum Gasteiger partial charge on any atom is -0.324 e. The van der Waals surface area contributed by atoms with Crippen molar-refractivity contribution in [3.63, 3.8) is 0 Å². The first-order chi connectivity index (χ1) is 9.63. The van der Waals surface area contributed by atoms with E-state index in [-0.39, 0.29) is 12.0 Å². The third-order valence-electron chi connectivity index (χ3n) is 3.20. The first-order valence-corrected chi connectivity index (χ1v) is 7.04. The molecular formula is C15H12F2N2S. The van der Waals surface area contributed by atoms with E-state index in [1.807, 2.05) is 17.5 Å². The molecule has 1 atom stereocenters. The lowest BCUT2D eigenvalue weighted by Crippen LogP contribution is -2.14. The number of fused-ring (bicyclic) bond motifs is 1. The van der Waals surface area contributed by atoms with Crippen LogP contribution in [0.15, 0.2) is 41.9 Å². The second-order valence-electron chi connectivity index (χ2n) is 4.62. The van der Waals surface area contributed by atoms with Gasteiger partial charge in [0.2, 0.25) is 0 Å². The van der Waals surface area contributed by atoms with E-state index in [1.54, 1.807) is 17.5 Å². The fourth-order valence-corrected chi connectivity index (χ4v) is 2.91. The Morgan fingerprint density at radius 1 is 1.20 bits per heavy atom. The van der Waals surface area contributed by atoms with Crippen molar-refractivity contribution in [2.24, 2.45) is 5.73 Å². The molecule has 0 amide bonds. The topological polar surface area (TPSA) is 38.9 Å². The average Bonchev–Trinajstić information content (AvgIpc) is 2.90. The monoisotopic (exact) mass is 290 g/mol. The van der Waals surface area contributed by atoms with E-state index in [0.717, 1.165) is 27.9 Å². The molecule has 20 heavy (non-hydrogen) atoms. The van der Waals surface area contributed by atoms with Gasteiger partial charge >= 0.3 is 0 Å². The molecule has 3 rings (SSSR count). The van der Waals surface area contributed by atoms with Crippen molar-refractivity contribution in [2.45, 2.75) is 12.5 Å². The summed E-state index contributed by atoms with van der Waals surface area (Å²) in [5.74, 6) is -0.896. The molecular weight excluding hydrogens is 278 g/mol. The lowest BCUT2D eigenvalue weighted by Gasteiger charge is -2.12. The number of nitrogens with two attached hydrogens (primary N) is 1. The maximum Gasteiger partial charge on any atom is 0.126 e. The first kappa shape index (κ1) is 13.1. The Kier molecular flexibility index (Phi) is 3.46. The number of hydrogen-bond donors (Lipinski definition) is 1. The molecule has 2 nitrogen and oxygen atoms in total. The molecule has 1 aromatic carbocycles. The molecule has 0 saturated heterocycles. The summed E-state index contributed by atoms with van der Waals surface area (Å²) in [4.78, 5) is 4.31. The molecule has 5 heteroatoms. The lowest BCUT2D eigenvalue weighted by atomic mass is 10.0. The standard InChI is InChI=1S/C15H12F2N2S/c16-11-1-2-12(17)9(5-11)6-13(18)10-7-15-14(19-8-10)3-4-20-15/h1-5,7-8,13H,6,18H2. The Balaban J connectivity index is 1.88. The fourth-order valence-electron chi connectivity index (χ4n) is 2.12. The Morgan fingerprint density at radius 3 is 2.90 bits per heavy atom. The van der Waals surface area contributed by atoms with Crippen LogP contribution in [0.25, 0.3) is 10.2 Å². The van der Waals surface area contributed by atoms with Crippen molar-refractivity contribution in [1.82, 2.24) is 4.98 Å². The van der Waals surface area contributed by atoms with Gasteiger partial charge in [-0.3, -0.25) is 4.98 Å². The highest BCUT2D eigenvalue weighted by Crippen LogP contribution is 2.24. The summed E-state index contributed by atoms with van der Waals surface area (Å²) >= 11 is 1.58. The molecule has 0 bridgehead atoms. The lowest BCUT2D eigenvalue weighted by molar-refractivity contribution is 0.572. The number of rotatable bonds is 3. The van der Waals surface area contributed by atoms with Gasteiger partial charge in [0, 0.05) is 12.2 Å². The zero-order valence-electron chi connectivity index (χ0n) is 10.5. The van der Waals surface area contributed by atoms with Crippen LogP contribution in [-0.4, -0.2) is 4.98 Å². The molecule has 3 aromatic rings. The van der Waals surface area contributed by atoms with Gasteiger partial charge in [-0.05, 0) is 53.3 Å². The molecule has 2 aromatic heterocycles. The van der Waals surface area contributed by atoms with Gasteiger partial charge < -0.3 is 5.73 Å².